The van der Waals surface area contributed by atoms with E-state index < -0.39 is 0 Å². The lowest BCUT2D eigenvalue weighted by Crippen LogP contribution is -2.48. The van der Waals surface area contributed by atoms with Gasteiger partial charge in [-0.25, -0.2) is 9.38 Å². The summed E-state index contributed by atoms with van der Waals surface area (Å²) in [5.41, 5.74) is 5.14. The second-order valence-corrected chi connectivity index (χ2v) is 10.1. The first-order valence-electron chi connectivity index (χ1n) is 10.3. The third-order valence-corrected chi connectivity index (χ3v) is 7.55. The molecule has 0 bridgehead atoms. The minimum atomic E-state index is -0.0400. The summed E-state index contributed by atoms with van der Waals surface area (Å²) >= 11 is 8.13. The highest BCUT2D eigenvalue weighted by Gasteiger charge is 2.35. The molecule has 0 saturated carbocycles. The first kappa shape index (κ1) is 19.6. The lowest BCUT2D eigenvalue weighted by molar-refractivity contribution is 0.381. The molecule has 3 heterocycles. The predicted octanol–water partition coefficient (Wildman–Crippen LogP) is 5.22. The van der Waals surface area contributed by atoms with Gasteiger partial charge in [0.2, 0.25) is 0 Å². The molecule has 154 valence electrons. The summed E-state index contributed by atoms with van der Waals surface area (Å²) in [6.45, 7) is 9.98. The molecule has 1 aliphatic heterocycles. The Hall–Kier alpha value is -2.37. The van der Waals surface area contributed by atoms with Gasteiger partial charge in [0, 0.05) is 22.8 Å². The average molecular weight is 438 g/mol. The first-order chi connectivity index (χ1) is 14.3. The number of hydrogen-bond donors (Lipinski definition) is 0. The average Bonchev–Trinajstić information content (AvgIpc) is 3.19. The lowest BCUT2D eigenvalue weighted by Gasteiger charge is -2.47. The first-order valence-corrected chi connectivity index (χ1v) is 11.5. The Morgan fingerprint density at radius 1 is 1.30 bits per heavy atom. The van der Waals surface area contributed by atoms with E-state index in [0.29, 0.717) is 20.4 Å². The highest BCUT2D eigenvalue weighted by Crippen LogP contribution is 2.45. The summed E-state index contributed by atoms with van der Waals surface area (Å²) in [5.74, 6) is 0.429. The van der Waals surface area contributed by atoms with Gasteiger partial charge in [-0.2, -0.15) is 0 Å². The van der Waals surface area contributed by atoms with Gasteiger partial charge in [0.1, 0.15) is 0 Å². The maximum Gasteiger partial charge on any atom is 0.274 e. The van der Waals surface area contributed by atoms with Crippen LogP contribution < -0.4 is 15.0 Å². The Kier molecular flexibility index (Phi) is 4.46. The summed E-state index contributed by atoms with van der Waals surface area (Å²) in [6.07, 6.45) is 3.00. The van der Waals surface area contributed by atoms with Gasteiger partial charge in [-0.3, -0.25) is 4.79 Å². The third-order valence-electron chi connectivity index (χ3n) is 6.25. The van der Waals surface area contributed by atoms with E-state index in [-0.39, 0.29) is 11.1 Å². The van der Waals surface area contributed by atoms with Crippen molar-refractivity contribution in [2.75, 3.05) is 11.4 Å². The van der Waals surface area contributed by atoms with E-state index in [1.807, 2.05) is 30.3 Å². The van der Waals surface area contributed by atoms with E-state index in [9.17, 15) is 4.79 Å². The van der Waals surface area contributed by atoms with Crippen LogP contribution in [0.1, 0.15) is 51.2 Å². The number of halogens is 1. The zero-order valence-electron chi connectivity index (χ0n) is 17.6. The SMILES string of the molecule is CCN1c2cc(Cl)c(/C=c3/sc4nc5ccccc5n4c3=O)cc2C(C)CC1(C)C. The fourth-order valence-corrected chi connectivity index (χ4v) is 6.17. The topological polar surface area (TPSA) is 37.6 Å². The molecule has 1 atom stereocenters. The minimum absolute atomic E-state index is 0.0400. The van der Waals surface area contributed by atoms with Gasteiger partial charge in [0.05, 0.1) is 15.6 Å². The van der Waals surface area contributed by atoms with Crippen molar-refractivity contribution in [1.29, 1.82) is 0 Å². The zero-order valence-corrected chi connectivity index (χ0v) is 19.1. The second-order valence-electron chi connectivity index (χ2n) is 8.73. The van der Waals surface area contributed by atoms with E-state index in [4.69, 9.17) is 11.6 Å². The lowest BCUT2D eigenvalue weighted by atomic mass is 9.79. The molecule has 0 N–H and O–H groups in total. The third kappa shape index (κ3) is 2.87. The maximum atomic E-state index is 13.1. The smallest absolute Gasteiger partial charge is 0.274 e. The van der Waals surface area contributed by atoms with Crippen LogP contribution in [0.15, 0.2) is 41.2 Å². The Balaban J connectivity index is 1.69. The van der Waals surface area contributed by atoms with Gasteiger partial charge in [-0.05, 0) is 74.6 Å². The zero-order chi connectivity index (χ0) is 21.2. The molecular weight excluding hydrogens is 414 g/mol. The van der Waals surface area contributed by atoms with Gasteiger partial charge >= 0.3 is 0 Å². The molecule has 1 aliphatic rings. The van der Waals surface area contributed by atoms with Crippen LogP contribution in [-0.4, -0.2) is 21.5 Å². The number of thiazole rings is 1. The molecule has 0 saturated heterocycles. The molecule has 30 heavy (non-hydrogen) atoms. The van der Waals surface area contributed by atoms with E-state index in [1.54, 1.807) is 4.40 Å². The number of aromatic nitrogens is 2. The number of rotatable bonds is 2. The van der Waals surface area contributed by atoms with Crippen molar-refractivity contribution in [3.63, 3.8) is 0 Å². The van der Waals surface area contributed by atoms with Gasteiger partial charge < -0.3 is 4.90 Å². The number of fused-ring (bicyclic) bond motifs is 4. The predicted molar refractivity (Wildman–Crippen MR) is 127 cm³/mol. The van der Waals surface area contributed by atoms with Crippen molar-refractivity contribution in [3.05, 3.63) is 67.4 Å². The van der Waals surface area contributed by atoms with Crippen LogP contribution in [0.2, 0.25) is 5.02 Å². The van der Waals surface area contributed by atoms with Crippen molar-refractivity contribution in [2.45, 2.75) is 45.6 Å². The second kappa shape index (κ2) is 6.82. The quantitative estimate of drug-likeness (QED) is 0.431. The standard InChI is InChI=1S/C24H24ClN3OS/c1-5-27-20-12-17(25)15(10-16(20)14(2)13-24(27,3)4)11-21-22(29)28-19-9-7-6-8-18(19)26-23(28)30-21/h6-12,14H,5,13H2,1-4H3/b21-11+. The molecule has 6 heteroatoms. The van der Waals surface area contributed by atoms with Gasteiger partial charge in [0.15, 0.2) is 4.96 Å². The summed E-state index contributed by atoms with van der Waals surface area (Å²) in [7, 11) is 0. The molecule has 2 aromatic heterocycles. The van der Waals surface area contributed by atoms with Crippen molar-refractivity contribution >= 4 is 50.7 Å². The Bertz CT molecular complexity index is 1400. The summed E-state index contributed by atoms with van der Waals surface area (Å²) in [4.78, 5) is 20.9. The largest absolute Gasteiger partial charge is 0.366 e. The minimum Gasteiger partial charge on any atom is -0.366 e. The number of imidazole rings is 1. The number of anilines is 1. The molecule has 1 unspecified atom stereocenters. The molecule has 4 nitrogen and oxygen atoms in total. The summed E-state index contributed by atoms with van der Waals surface area (Å²) in [5, 5.41) is 0.674. The van der Waals surface area contributed by atoms with Crippen LogP contribution in [0, 0.1) is 0 Å². The number of benzene rings is 2. The van der Waals surface area contributed by atoms with E-state index >= 15 is 0 Å². The normalized spacial score (nSPS) is 19.0. The molecule has 0 amide bonds. The van der Waals surface area contributed by atoms with Crippen LogP contribution in [0.25, 0.3) is 22.1 Å². The summed E-state index contributed by atoms with van der Waals surface area (Å²) < 4.78 is 2.35. The molecule has 2 aromatic carbocycles. The molecule has 5 rings (SSSR count). The van der Waals surface area contributed by atoms with Crippen molar-refractivity contribution in [1.82, 2.24) is 9.38 Å². The Labute approximate surface area is 184 Å². The fraction of sp³-hybridized carbons (Fsp3) is 0.333. The van der Waals surface area contributed by atoms with E-state index in [2.05, 4.69) is 49.7 Å². The van der Waals surface area contributed by atoms with Gasteiger partial charge in [-0.15, -0.1) is 0 Å². The molecule has 0 fully saturated rings. The van der Waals surface area contributed by atoms with Gasteiger partial charge in [0.25, 0.3) is 5.56 Å². The summed E-state index contributed by atoms with van der Waals surface area (Å²) in [6, 6.07) is 12.0. The van der Waals surface area contributed by atoms with Crippen LogP contribution in [0.3, 0.4) is 0 Å². The van der Waals surface area contributed by atoms with Crippen LogP contribution in [0.5, 0.6) is 0 Å². The molecule has 0 radical (unpaired) electrons. The van der Waals surface area contributed by atoms with Crippen molar-refractivity contribution in [3.8, 4) is 0 Å². The number of para-hydroxylation sites is 2. The molecular formula is C24H24ClN3OS. The van der Waals surface area contributed by atoms with E-state index in [1.165, 1.54) is 22.6 Å². The Morgan fingerprint density at radius 3 is 2.83 bits per heavy atom. The van der Waals surface area contributed by atoms with Crippen molar-refractivity contribution < 1.29 is 0 Å². The van der Waals surface area contributed by atoms with Crippen LogP contribution >= 0.6 is 22.9 Å². The monoisotopic (exact) mass is 437 g/mol. The number of nitrogens with zero attached hydrogens (tertiary/aromatic N) is 3. The number of hydrogen-bond acceptors (Lipinski definition) is 4. The van der Waals surface area contributed by atoms with Crippen molar-refractivity contribution in [2.24, 2.45) is 0 Å². The highest BCUT2D eigenvalue weighted by atomic mass is 35.5. The molecule has 0 aliphatic carbocycles. The fourth-order valence-electron chi connectivity index (χ4n) is 4.98. The Morgan fingerprint density at radius 2 is 2.07 bits per heavy atom. The highest BCUT2D eigenvalue weighted by molar-refractivity contribution is 7.15. The van der Waals surface area contributed by atoms with Crippen LogP contribution in [0.4, 0.5) is 5.69 Å². The maximum absolute atomic E-state index is 13.1. The van der Waals surface area contributed by atoms with Crippen LogP contribution in [-0.2, 0) is 0 Å². The molecule has 4 aromatic rings. The van der Waals surface area contributed by atoms with E-state index in [0.717, 1.165) is 29.6 Å². The molecule has 0 spiro atoms. The van der Waals surface area contributed by atoms with Gasteiger partial charge in [-0.1, -0.05) is 42.0 Å².